The summed E-state index contributed by atoms with van der Waals surface area (Å²) in [4.78, 5) is 22.5. The molecule has 0 aliphatic heterocycles. The molecule has 0 amide bonds. The molecule has 4 nitrogen and oxygen atoms in total. The minimum atomic E-state index is -1.14. The summed E-state index contributed by atoms with van der Waals surface area (Å²) in [5.41, 5.74) is 0.298. The molecule has 1 fully saturated rings. The molecule has 1 aromatic rings. The molecule has 0 spiro atoms. The van der Waals surface area contributed by atoms with Crippen LogP contribution in [0.25, 0.3) is 0 Å². The molecule has 0 saturated heterocycles. The number of carbonyl (C=O) groups is 1. The Hall–Kier alpha value is -1.58. The Morgan fingerprint density at radius 1 is 1.50 bits per heavy atom. The van der Waals surface area contributed by atoms with Crippen LogP contribution in [0.5, 0.6) is 0 Å². The van der Waals surface area contributed by atoms with E-state index >= 15 is 0 Å². The van der Waals surface area contributed by atoms with Crippen LogP contribution in [0.4, 0.5) is 0 Å². The summed E-state index contributed by atoms with van der Waals surface area (Å²) in [6, 6.07) is 1.42. The molecule has 0 radical (unpaired) electrons. The number of hydrogen-bond acceptors (Lipinski definition) is 2. The summed E-state index contributed by atoms with van der Waals surface area (Å²) in [6.45, 7) is 4.92. The van der Waals surface area contributed by atoms with Crippen molar-refractivity contribution in [3.63, 3.8) is 0 Å². The van der Waals surface area contributed by atoms with E-state index in [4.69, 9.17) is 5.11 Å². The van der Waals surface area contributed by atoms with Gasteiger partial charge in [-0.3, -0.25) is 4.79 Å². The number of aromatic carboxylic acids is 1. The van der Waals surface area contributed by atoms with Gasteiger partial charge in [0, 0.05) is 24.5 Å². The van der Waals surface area contributed by atoms with Crippen LogP contribution in [-0.4, -0.2) is 15.6 Å². The zero-order valence-electron chi connectivity index (χ0n) is 10.8. The van der Waals surface area contributed by atoms with Gasteiger partial charge in [-0.15, -0.1) is 0 Å². The normalized spacial score (nSPS) is 23.2. The lowest BCUT2D eigenvalue weighted by molar-refractivity contribution is 0.0694. The average molecular weight is 249 g/mol. The van der Waals surface area contributed by atoms with E-state index in [1.165, 1.54) is 31.5 Å². The molecule has 1 aliphatic carbocycles. The first kappa shape index (κ1) is 12.9. The number of carboxylic acid groups (broad SMARTS) is 1. The van der Waals surface area contributed by atoms with Crippen LogP contribution < -0.4 is 5.43 Å². The lowest BCUT2D eigenvalue weighted by Crippen LogP contribution is -2.20. The van der Waals surface area contributed by atoms with Crippen LogP contribution in [0, 0.1) is 18.8 Å². The monoisotopic (exact) mass is 249 g/mol. The maximum atomic E-state index is 11.5. The maximum Gasteiger partial charge on any atom is 0.341 e. The predicted octanol–water partition coefficient (Wildman–Crippen LogP) is 2.29. The van der Waals surface area contributed by atoms with Crippen molar-refractivity contribution >= 4 is 5.97 Å². The number of aromatic nitrogens is 1. The number of pyridine rings is 1. The van der Waals surface area contributed by atoms with E-state index in [0.717, 1.165) is 18.2 Å². The minimum Gasteiger partial charge on any atom is -0.477 e. The Morgan fingerprint density at radius 3 is 2.78 bits per heavy atom. The Bertz CT molecular complexity index is 518. The van der Waals surface area contributed by atoms with Crippen molar-refractivity contribution in [1.29, 1.82) is 0 Å². The first-order valence-corrected chi connectivity index (χ1v) is 6.41. The summed E-state index contributed by atoms with van der Waals surface area (Å²) in [5.74, 6) is 0.213. The Balaban J connectivity index is 2.25. The quantitative estimate of drug-likeness (QED) is 0.894. The van der Waals surface area contributed by atoms with Crippen molar-refractivity contribution in [2.75, 3.05) is 0 Å². The topological polar surface area (TPSA) is 59.3 Å². The smallest absolute Gasteiger partial charge is 0.341 e. The van der Waals surface area contributed by atoms with Crippen LogP contribution in [-0.2, 0) is 6.54 Å². The molecule has 2 rings (SSSR count). The predicted molar refractivity (Wildman–Crippen MR) is 68.9 cm³/mol. The molecule has 0 aromatic carbocycles. The Morgan fingerprint density at radius 2 is 2.22 bits per heavy atom. The van der Waals surface area contributed by atoms with Crippen LogP contribution in [0.3, 0.4) is 0 Å². The largest absolute Gasteiger partial charge is 0.477 e. The standard InChI is InChI=1S/C14H19NO3/c1-9-3-4-11(5-9)7-15-8-12(14(17)18)13(16)6-10(15)2/h6,8-9,11H,3-5,7H2,1-2H3,(H,17,18). The van der Waals surface area contributed by atoms with Gasteiger partial charge < -0.3 is 9.67 Å². The van der Waals surface area contributed by atoms with Gasteiger partial charge in [-0.25, -0.2) is 4.79 Å². The van der Waals surface area contributed by atoms with Crippen molar-refractivity contribution in [3.8, 4) is 0 Å². The second-order valence-corrected chi connectivity index (χ2v) is 5.43. The van der Waals surface area contributed by atoms with E-state index in [0.29, 0.717) is 5.92 Å². The van der Waals surface area contributed by atoms with Crippen LogP contribution in [0.1, 0.15) is 42.2 Å². The van der Waals surface area contributed by atoms with E-state index < -0.39 is 11.4 Å². The number of carboxylic acids is 1. The molecule has 1 saturated carbocycles. The Labute approximate surface area is 106 Å². The molecular weight excluding hydrogens is 230 g/mol. The molecule has 4 heteroatoms. The molecule has 1 N–H and O–H groups in total. The number of hydrogen-bond donors (Lipinski definition) is 1. The second-order valence-electron chi connectivity index (χ2n) is 5.43. The average Bonchev–Trinajstić information content (AvgIpc) is 2.67. The summed E-state index contributed by atoms with van der Waals surface area (Å²) in [7, 11) is 0. The Kier molecular flexibility index (Phi) is 3.55. The summed E-state index contributed by atoms with van der Waals surface area (Å²) < 4.78 is 1.91. The highest BCUT2D eigenvalue weighted by Gasteiger charge is 2.22. The first-order chi connectivity index (χ1) is 8.47. The zero-order chi connectivity index (χ0) is 13.3. The summed E-state index contributed by atoms with van der Waals surface area (Å²) >= 11 is 0. The summed E-state index contributed by atoms with van der Waals surface area (Å²) in [6.07, 6.45) is 5.11. The van der Waals surface area contributed by atoms with E-state index in [2.05, 4.69) is 6.92 Å². The molecule has 98 valence electrons. The lowest BCUT2D eigenvalue weighted by Gasteiger charge is -2.16. The van der Waals surface area contributed by atoms with Crippen LogP contribution >= 0.6 is 0 Å². The van der Waals surface area contributed by atoms with Gasteiger partial charge in [0.25, 0.3) is 0 Å². The molecular formula is C14H19NO3. The molecule has 0 bridgehead atoms. The zero-order valence-corrected chi connectivity index (χ0v) is 10.8. The number of nitrogens with zero attached hydrogens (tertiary/aromatic N) is 1. The van der Waals surface area contributed by atoms with Crippen molar-refractivity contribution in [2.24, 2.45) is 11.8 Å². The van der Waals surface area contributed by atoms with E-state index in [1.54, 1.807) is 0 Å². The van der Waals surface area contributed by atoms with Crippen LogP contribution in [0.15, 0.2) is 17.1 Å². The van der Waals surface area contributed by atoms with Gasteiger partial charge >= 0.3 is 5.97 Å². The minimum absolute atomic E-state index is 0.133. The van der Waals surface area contributed by atoms with Gasteiger partial charge in [-0.1, -0.05) is 13.3 Å². The van der Waals surface area contributed by atoms with Gasteiger partial charge in [-0.2, -0.15) is 0 Å². The van der Waals surface area contributed by atoms with Gasteiger partial charge in [0.05, 0.1) is 0 Å². The first-order valence-electron chi connectivity index (χ1n) is 6.41. The molecule has 1 aromatic heterocycles. The SMILES string of the molecule is Cc1cc(=O)c(C(=O)O)cn1CC1CCC(C)C1. The summed E-state index contributed by atoms with van der Waals surface area (Å²) in [5, 5.41) is 8.97. The third-order valence-corrected chi connectivity index (χ3v) is 3.83. The van der Waals surface area contributed by atoms with Crippen molar-refractivity contribution in [2.45, 2.75) is 39.7 Å². The van der Waals surface area contributed by atoms with Crippen molar-refractivity contribution < 1.29 is 9.90 Å². The molecule has 1 aliphatic rings. The van der Waals surface area contributed by atoms with E-state index in [9.17, 15) is 9.59 Å². The molecule has 2 unspecified atom stereocenters. The fourth-order valence-corrected chi connectivity index (χ4v) is 2.80. The van der Waals surface area contributed by atoms with Gasteiger partial charge in [-0.05, 0) is 31.6 Å². The van der Waals surface area contributed by atoms with Crippen molar-refractivity contribution in [3.05, 3.63) is 33.7 Å². The lowest BCUT2D eigenvalue weighted by atomic mass is 10.1. The highest BCUT2D eigenvalue weighted by molar-refractivity contribution is 5.87. The second kappa shape index (κ2) is 4.96. The third-order valence-electron chi connectivity index (χ3n) is 3.83. The molecule has 1 heterocycles. The number of rotatable bonds is 3. The maximum absolute atomic E-state index is 11.5. The fraction of sp³-hybridized carbons (Fsp3) is 0.571. The fourth-order valence-electron chi connectivity index (χ4n) is 2.80. The van der Waals surface area contributed by atoms with Gasteiger partial charge in [0.1, 0.15) is 5.56 Å². The third kappa shape index (κ3) is 2.63. The van der Waals surface area contributed by atoms with Crippen molar-refractivity contribution in [1.82, 2.24) is 4.57 Å². The highest BCUT2D eigenvalue weighted by atomic mass is 16.4. The molecule has 18 heavy (non-hydrogen) atoms. The van der Waals surface area contributed by atoms with E-state index in [1.807, 2.05) is 11.5 Å². The molecule has 2 atom stereocenters. The highest BCUT2D eigenvalue weighted by Crippen LogP contribution is 2.31. The number of aryl methyl sites for hydroxylation is 1. The van der Waals surface area contributed by atoms with Gasteiger partial charge in [0.15, 0.2) is 5.43 Å². The van der Waals surface area contributed by atoms with Gasteiger partial charge in [0.2, 0.25) is 0 Å². The van der Waals surface area contributed by atoms with E-state index in [-0.39, 0.29) is 5.56 Å². The van der Waals surface area contributed by atoms with Crippen LogP contribution in [0.2, 0.25) is 0 Å².